The van der Waals surface area contributed by atoms with Crippen molar-refractivity contribution in [2.45, 2.75) is 25.0 Å². The summed E-state index contributed by atoms with van der Waals surface area (Å²) in [6.07, 6.45) is -0.422. The normalized spacial score (nSPS) is 29.9. The molecular weight excluding hydrogens is 342 g/mol. The first-order valence-corrected chi connectivity index (χ1v) is 9.40. The summed E-state index contributed by atoms with van der Waals surface area (Å²) in [5, 5.41) is 29.6. The van der Waals surface area contributed by atoms with Crippen LogP contribution in [0.25, 0.3) is 0 Å². The van der Waals surface area contributed by atoms with E-state index in [0.29, 0.717) is 13.1 Å². The lowest BCUT2D eigenvalue weighted by atomic mass is 9.95. The van der Waals surface area contributed by atoms with Crippen molar-refractivity contribution < 1.29 is 20.1 Å². The second kappa shape index (κ2) is 7.08. The molecule has 2 fully saturated rings. The van der Waals surface area contributed by atoms with Crippen molar-refractivity contribution in [2.75, 3.05) is 19.7 Å². The van der Waals surface area contributed by atoms with Gasteiger partial charge in [0.25, 0.3) is 0 Å². The van der Waals surface area contributed by atoms with Crippen LogP contribution < -0.4 is 0 Å². The van der Waals surface area contributed by atoms with E-state index in [1.807, 2.05) is 42.5 Å². The Labute approximate surface area is 158 Å². The van der Waals surface area contributed by atoms with Crippen molar-refractivity contribution in [1.82, 2.24) is 4.90 Å². The van der Waals surface area contributed by atoms with Crippen LogP contribution in [0, 0.1) is 11.3 Å². The van der Waals surface area contributed by atoms with Crippen molar-refractivity contribution >= 4 is 5.97 Å². The predicted octanol–water partition coefficient (Wildman–Crippen LogP) is 1.88. The predicted molar refractivity (Wildman–Crippen MR) is 101 cm³/mol. The molecule has 2 aromatic carbocycles. The number of rotatable bonds is 6. The maximum atomic E-state index is 10.8. The van der Waals surface area contributed by atoms with Gasteiger partial charge in [-0.15, -0.1) is 0 Å². The van der Waals surface area contributed by atoms with Crippen molar-refractivity contribution in [1.29, 1.82) is 0 Å². The van der Waals surface area contributed by atoms with Gasteiger partial charge < -0.3 is 15.3 Å². The monoisotopic (exact) mass is 367 g/mol. The molecule has 5 nitrogen and oxygen atoms in total. The Morgan fingerprint density at radius 2 is 1.74 bits per heavy atom. The largest absolute Gasteiger partial charge is 0.481 e. The molecule has 5 heteroatoms. The number of aliphatic carboxylic acids is 1. The molecule has 27 heavy (non-hydrogen) atoms. The van der Waals surface area contributed by atoms with E-state index in [1.165, 1.54) is 5.56 Å². The molecule has 0 bridgehead atoms. The summed E-state index contributed by atoms with van der Waals surface area (Å²) < 4.78 is 0. The zero-order valence-corrected chi connectivity index (χ0v) is 15.2. The lowest BCUT2D eigenvalue weighted by Crippen LogP contribution is -2.23. The smallest absolute Gasteiger partial charge is 0.307 e. The van der Waals surface area contributed by atoms with Gasteiger partial charge in [-0.05, 0) is 28.5 Å². The molecule has 2 aromatic rings. The fourth-order valence-corrected chi connectivity index (χ4v) is 4.98. The molecule has 0 aromatic heterocycles. The van der Waals surface area contributed by atoms with Crippen LogP contribution in [0.15, 0.2) is 54.6 Å². The van der Waals surface area contributed by atoms with E-state index in [1.54, 1.807) is 0 Å². The molecule has 142 valence electrons. The zero-order valence-electron chi connectivity index (χ0n) is 15.2. The Hall–Kier alpha value is -2.21. The van der Waals surface area contributed by atoms with Crippen LogP contribution in [-0.4, -0.2) is 52.0 Å². The van der Waals surface area contributed by atoms with Crippen molar-refractivity contribution in [3.63, 3.8) is 0 Å². The first kappa shape index (κ1) is 18.2. The summed E-state index contributed by atoms with van der Waals surface area (Å²) in [4.78, 5) is 13.0. The standard InChI is InChI=1S/C22H25NO4/c24-13-18-21(17-4-2-1-3-5-17)22(18)14-23(12-19(22)25)11-16-8-6-15(7-9-16)10-20(26)27/h1-9,18-19,21,24-25H,10-14H2,(H,26,27)/t18-,19+,21-,22-/m1/s1. The zero-order chi connectivity index (χ0) is 19.0. The molecular formula is C22H25NO4. The van der Waals surface area contributed by atoms with Gasteiger partial charge in [-0.2, -0.15) is 0 Å². The van der Waals surface area contributed by atoms with E-state index >= 15 is 0 Å². The number of β-amino-alcohol motifs (C(OH)–C–C–N with tert-alkyl or cyclic N) is 1. The van der Waals surface area contributed by atoms with Gasteiger partial charge in [-0.3, -0.25) is 9.69 Å². The minimum atomic E-state index is -0.830. The van der Waals surface area contributed by atoms with E-state index in [4.69, 9.17) is 5.11 Å². The number of hydrogen-bond acceptors (Lipinski definition) is 4. The third kappa shape index (κ3) is 3.27. The number of carbonyl (C=O) groups is 1. The van der Waals surface area contributed by atoms with E-state index in [0.717, 1.165) is 17.7 Å². The van der Waals surface area contributed by atoms with Crippen molar-refractivity contribution in [2.24, 2.45) is 11.3 Å². The van der Waals surface area contributed by atoms with Crippen LogP contribution in [-0.2, 0) is 17.8 Å². The molecule has 4 atom stereocenters. The third-order valence-electron chi connectivity index (χ3n) is 6.25. The minimum absolute atomic E-state index is 0.0305. The fraction of sp³-hybridized carbons (Fsp3) is 0.409. The van der Waals surface area contributed by atoms with Crippen LogP contribution in [0.5, 0.6) is 0 Å². The molecule has 1 spiro atoms. The van der Waals surface area contributed by atoms with Crippen LogP contribution in [0.4, 0.5) is 0 Å². The number of likely N-dealkylation sites (tertiary alicyclic amines) is 1. The Bertz CT molecular complexity index is 807. The Morgan fingerprint density at radius 1 is 1.07 bits per heavy atom. The maximum absolute atomic E-state index is 10.8. The topological polar surface area (TPSA) is 81.0 Å². The highest BCUT2D eigenvalue weighted by molar-refractivity contribution is 5.70. The van der Waals surface area contributed by atoms with Crippen LogP contribution in [0.1, 0.15) is 22.6 Å². The van der Waals surface area contributed by atoms with E-state index < -0.39 is 12.1 Å². The van der Waals surface area contributed by atoms with Gasteiger partial charge in [0.05, 0.1) is 12.5 Å². The molecule has 0 amide bonds. The van der Waals surface area contributed by atoms with Gasteiger partial charge in [0.15, 0.2) is 0 Å². The van der Waals surface area contributed by atoms with Crippen molar-refractivity contribution in [3.8, 4) is 0 Å². The minimum Gasteiger partial charge on any atom is -0.481 e. The molecule has 3 N–H and O–H groups in total. The number of carboxylic acids is 1. The lowest BCUT2D eigenvalue weighted by molar-refractivity contribution is -0.136. The highest BCUT2D eigenvalue weighted by Crippen LogP contribution is 2.68. The SMILES string of the molecule is O=C(O)Cc1ccc(CN2C[C@H](O)[C@@]3(C2)[C@H](CO)[C@H]3c2ccccc2)cc1. The fourth-order valence-electron chi connectivity index (χ4n) is 4.98. The number of hydrogen-bond donors (Lipinski definition) is 3. The number of benzene rings is 2. The Morgan fingerprint density at radius 3 is 2.37 bits per heavy atom. The second-order valence-electron chi connectivity index (χ2n) is 7.86. The van der Waals surface area contributed by atoms with Gasteiger partial charge in [0.1, 0.15) is 0 Å². The van der Waals surface area contributed by atoms with Crippen LogP contribution >= 0.6 is 0 Å². The molecule has 0 radical (unpaired) electrons. The number of aliphatic hydroxyl groups is 2. The molecule has 1 saturated carbocycles. The van der Waals surface area contributed by atoms with Gasteiger partial charge in [-0.1, -0.05) is 54.6 Å². The summed E-state index contributed by atoms with van der Waals surface area (Å²) in [6, 6.07) is 17.8. The molecule has 4 rings (SSSR count). The Balaban J connectivity index is 1.46. The van der Waals surface area contributed by atoms with E-state index in [9.17, 15) is 15.0 Å². The average molecular weight is 367 g/mol. The van der Waals surface area contributed by atoms with Gasteiger partial charge in [-0.25, -0.2) is 0 Å². The molecule has 1 saturated heterocycles. The summed E-state index contributed by atoms with van der Waals surface area (Å²) >= 11 is 0. The van der Waals surface area contributed by atoms with Crippen LogP contribution in [0.3, 0.4) is 0 Å². The summed E-state index contributed by atoms with van der Waals surface area (Å²) in [5.74, 6) is -0.539. The number of carboxylic acid groups (broad SMARTS) is 1. The summed E-state index contributed by atoms with van der Waals surface area (Å²) in [6.45, 7) is 2.16. The summed E-state index contributed by atoms with van der Waals surface area (Å²) in [7, 11) is 0. The molecule has 1 aliphatic carbocycles. The first-order valence-electron chi connectivity index (χ1n) is 9.40. The summed E-state index contributed by atoms with van der Waals surface area (Å²) in [5.41, 5.74) is 2.82. The van der Waals surface area contributed by atoms with Crippen molar-refractivity contribution in [3.05, 3.63) is 71.3 Å². The van der Waals surface area contributed by atoms with Gasteiger partial charge >= 0.3 is 5.97 Å². The second-order valence-corrected chi connectivity index (χ2v) is 7.86. The molecule has 1 aliphatic heterocycles. The van der Waals surface area contributed by atoms with Crippen LogP contribution in [0.2, 0.25) is 0 Å². The molecule has 2 aliphatic rings. The quantitative estimate of drug-likeness (QED) is 0.726. The third-order valence-corrected chi connectivity index (χ3v) is 6.25. The Kier molecular flexibility index (Phi) is 4.76. The van der Waals surface area contributed by atoms with E-state index in [-0.39, 0.29) is 30.3 Å². The molecule has 0 unspecified atom stereocenters. The first-order chi connectivity index (χ1) is 13.0. The highest BCUT2D eigenvalue weighted by atomic mass is 16.4. The maximum Gasteiger partial charge on any atom is 0.307 e. The number of aliphatic hydroxyl groups excluding tert-OH is 2. The van der Waals surface area contributed by atoms with E-state index in [2.05, 4.69) is 17.0 Å². The number of nitrogens with zero attached hydrogens (tertiary/aromatic N) is 1. The van der Waals surface area contributed by atoms with Gasteiger partial charge in [0, 0.05) is 31.7 Å². The lowest BCUT2D eigenvalue weighted by Gasteiger charge is -2.17. The van der Waals surface area contributed by atoms with Gasteiger partial charge in [0.2, 0.25) is 0 Å². The average Bonchev–Trinajstić information content (AvgIpc) is 3.20. The molecule has 1 heterocycles. The highest BCUT2D eigenvalue weighted by Gasteiger charge is 2.70.